The predicted octanol–water partition coefficient (Wildman–Crippen LogP) is 3.69. The summed E-state index contributed by atoms with van der Waals surface area (Å²) < 4.78 is 5.89. The minimum atomic E-state index is -0.0424. The highest BCUT2D eigenvalue weighted by Gasteiger charge is 2.38. The lowest BCUT2D eigenvalue weighted by atomic mass is 9.89. The van der Waals surface area contributed by atoms with Crippen molar-refractivity contribution in [3.8, 4) is 5.75 Å². The van der Waals surface area contributed by atoms with Gasteiger partial charge in [-0.2, -0.15) is 0 Å². The van der Waals surface area contributed by atoms with Gasteiger partial charge in [0.1, 0.15) is 11.4 Å². The van der Waals surface area contributed by atoms with E-state index in [4.69, 9.17) is 4.74 Å². The summed E-state index contributed by atoms with van der Waals surface area (Å²) in [6, 6.07) is 7.98. The van der Waals surface area contributed by atoms with Gasteiger partial charge in [0, 0.05) is 19.0 Å². The Morgan fingerprint density at radius 2 is 1.97 bits per heavy atom. The summed E-state index contributed by atoms with van der Waals surface area (Å²) in [5, 5.41) is 2.74. The number of fused-ring (bicyclic) bond motifs is 2. The second-order valence-corrected chi connectivity index (χ2v) is 9.24. The summed E-state index contributed by atoms with van der Waals surface area (Å²) in [6.45, 7) is 2.66. The molecule has 2 aliphatic rings. The fourth-order valence-electron chi connectivity index (χ4n) is 4.64. The molecule has 160 valence electrons. The zero-order chi connectivity index (χ0) is 21.1. The maximum Gasteiger partial charge on any atom is 0.273 e. The Morgan fingerprint density at radius 3 is 2.77 bits per heavy atom. The summed E-state index contributed by atoms with van der Waals surface area (Å²) in [5.41, 5.74) is 1.66. The van der Waals surface area contributed by atoms with Crippen LogP contribution < -0.4 is 4.74 Å². The van der Waals surface area contributed by atoms with Gasteiger partial charge < -0.3 is 14.5 Å². The van der Waals surface area contributed by atoms with Crippen molar-refractivity contribution >= 4 is 23.2 Å². The quantitative estimate of drug-likeness (QED) is 0.696. The molecule has 0 saturated carbocycles. The second-order valence-electron chi connectivity index (χ2n) is 8.17. The lowest BCUT2D eigenvalue weighted by molar-refractivity contribution is -0.136. The van der Waals surface area contributed by atoms with Crippen molar-refractivity contribution in [2.45, 2.75) is 57.5 Å². The Labute approximate surface area is 181 Å². The van der Waals surface area contributed by atoms with E-state index in [9.17, 15) is 9.59 Å². The molecule has 7 heteroatoms. The van der Waals surface area contributed by atoms with Gasteiger partial charge in [0.05, 0.1) is 17.1 Å². The normalized spacial score (nSPS) is 22.9. The number of ether oxygens (including phenoxy) is 1. The molecule has 0 aliphatic carbocycles. The molecular weight excluding hydrogens is 398 g/mol. The largest absolute Gasteiger partial charge is 0.483 e. The number of likely N-dealkylation sites (tertiary alicyclic amines) is 1. The first kappa shape index (κ1) is 20.8. The third-order valence-electron chi connectivity index (χ3n) is 6.25. The molecule has 1 fully saturated rings. The van der Waals surface area contributed by atoms with Crippen LogP contribution in [0.4, 0.5) is 0 Å². The monoisotopic (exact) mass is 427 g/mol. The van der Waals surface area contributed by atoms with Gasteiger partial charge in [0.15, 0.2) is 6.61 Å². The maximum absolute atomic E-state index is 13.2. The molecular formula is C23H29N3O3S. The van der Waals surface area contributed by atoms with Crippen molar-refractivity contribution in [3.05, 3.63) is 45.9 Å². The summed E-state index contributed by atoms with van der Waals surface area (Å²) >= 11 is 1.50. The molecule has 2 aliphatic heterocycles. The molecule has 1 saturated heterocycles. The van der Waals surface area contributed by atoms with E-state index in [-0.39, 0.29) is 30.5 Å². The molecule has 1 aromatic carbocycles. The molecule has 0 unspecified atom stereocenters. The van der Waals surface area contributed by atoms with E-state index in [2.05, 4.69) is 11.1 Å². The fourth-order valence-corrected chi connectivity index (χ4v) is 5.23. The summed E-state index contributed by atoms with van der Waals surface area (Å²) in [4.78, 5) is 34.4. The van der Waals surface area contributed by atoms with Crippen LogP contribution in [0.1, 0.15) is 53.2 Å². The lowest BCUT2D eigenvalue weighted by Crippen LogP contribution is -2.58. The van der Waals surface area contributed by atoms with Gasteiger partial charge >= 0.3 is 0 Å². The molecule has 2 aromatic rings. The van der Waals surface area contributed by atoms with Gasteiger partial charge in [-0.1, -0.05) is 24.6 Å². The molecule has 3 heterocycles. The number of thiazole rings is 1. The Morgan fingerprint density at radius 1 is 1.17 bits per heavy atom. The van der Waals surface area contributed by atoms with Crippen LogP contribution in [0.5, 0.6) is 5.75 Å². The molecule has 0 N–H and O–H groups in total. The Bertz CT molecular complexity index is 913. The Kier molecular flexibility index (Phi) is 6.37. The van der Waals surface area contributed by atoms with E-state index in [1.807, 2.05) is 42.5 Å². The molecule has 4 rings (SSSR count). The predicted molar refractivity (Wildman–Crippen MR) is 117 cm³/mol. The van der Waals surface area contributed by atoms with Crippen LogP contribution in [0.3, 0.4) is 0 Å². The number of para-hydroxylation sites is 1. The van der Waals surface area contributed by atoms with Gasteiger partial charge in [-0.3, -0.25) is 9.59 Å². The highest BCUT2D eigenvalue weighted by Crippen LogP contribution is 2.29. The van der Waals surface area contributed by atoms with Gasteiger partial charge in [-0.15, -0.1) is 11.3 Å². The van der Waals surface area contributed by atoms with Gasteiger partial charge in [0.2, 0.25) is 0 Å². The fraction of sp³-hybridized carbons (Fsp3) is 0.522. The molecule has 1 aromatic heterocycles. The number of nitrogens with zero attached hydrogens (tertiary/aromatic N) is 3. The first-order valence-corrected chi connectivity index (χ1v) is 11.6. The number of aryl methyl sites for hydroxylation is 2. The summed E-state index contributed by atoms with van der Waals surface area (Å²) in [7, 11) is 1.85. The van der Waals surface area contributed by atoms with Crippen LogP contribution in [0.15, 0.2) is 29.6 Å². The molecule has 0 radical (unpaired) electrons. The third kappa shape index (κ3) is 4.36. The Balaban J connectivity index is 1.58. The number of benzene rings is 1. The van der Waals surface area contributed by atoms with Crippen LogP contribution in [0.2, 0.25) is 0 Å². The molecule has 6 nitrogen and oxygen atoms in total. The minimum Gasteiger partial charge on any atom is -0.483 e. The van der Waals surface area contributed by atoms with Crippen LogP contribution in [-0.4, -0.2) is 58.9 Å². The third-order valence-corrected chi connectivity index (χ3v) is 7.03. The highest BCUT2D eigenvalue weighted by atomic mass is 32.1. The van der Waals surface area contributed by atoms with E-state index in [0.29, 0.717) is 5.69 Å². The van der Waals surface area contributed by atoms with Crippen molar-refractivity contribution < 1.29 is 14.3 Å². The minimum absolute atomic E-state index is 0.00760. The van der Waals surface area contributed by atoms with Crippen LogP contribution >= 0.6 is 11.3 Å². The molecule has 0 bridgehead atoms. The number of amides is 2. The van der Waals surface area contributed by atoms with Crippen molar-refractivity contribution in [2.24, 2.45) is 0 Å². The van der Waals surface area contributed by atoms with Crippen molar-refractivity contribution in [1.29, 1.82) is 0 Å². The molecule has 2 atom stereocenters. The van der Waals surface area contributed by atoms with E-state index < -0.39 is 0 Å². The first-order valence-electron chi connectivity index (χ1n) is 10.7. The second kappa shape index (κ2) is 9.16. The number of hydrogen-bond donors (Lipinski definition) is 0. The number of rotatable bonds is 1. The van der Waals surface area contributed by atoms with E-state index in [0.717, 1.165) is 61.4 Å². The molecule has 30 heavy (non-hydrogen) atoms. The summed E-state index contributed by atoms with van der Waals surface area (Å²) in [5.74, 6) is 0.749. The molecule has 0 spiro atoms. The number of piperidine rings is 1. The summed E-state index contributed by atoms with van der Waals surface area (Å²) in [6.07, 6.45) is 5.62. The maximum atomic E-state index is 13.2. The average Bonchev–Trinajstić information content (AvgIpc) is 3.20. The first-order chi connectivity index (χ1) is 14.5. The van der Waals surface area contributed by atoms with Crippen LogP contribution in [-0.2, 0) is 11.2 Å². The van der Waals surface area contributed by atoms with Gasteiger partial charge in [0.25, 0.3) is 11.8 Å². The van der Waals surface area contributed by atoms with Crippen LogP contribution in [0.25, 0.3) is 0 Å². The number of carbonyl (C=O) groups excluding carboxylic acids is 2. The SMILES string of the molecule is Cc1nc(C(=O)N2CCC[C@@H]3[C@H]2CCCCc2ccccc2OCC(=O)N3C)cs1. The van der Waals surface area contributed by atoms with Gasteiger partial charge in [-0.05, 0) is 50.7 Å². The van der Waals surface area contributed by atoms with E-state index >= 15 is 0 Å². The Hall–Kier alpha value is -2.41. The van der Waals surface area contributed by atoms with Crippen LogP contribution in [0, 0.1) is 6.92 Å². The standard InChI is InChI=1S/C23H29N3O3S/c1-16-24-18(15-30-16)23(28)26-13-7-11-19-20(26)10-5-3-8-17-9-4-6-12-21(17)29-14-22(27)25(19)2/h4,6,9,12,15,19-20H,3,5,7-8,10-11,13-14H2,1-2H3/t19-,20-/m1/s1. The molecule has 2 amide bonds. The zero-order valence-electron chi connectivity index (χ0n) is 17.7. The van der Waals surface area contributed by atoms with Crippen molar-refractivity contribution in [1.82, 2.24) is 14.8 Å². The smallest absolute Gasteiger partial charge is 0.273 e. The highest BCUT2D eigenvalue weighted by molar-refractivity contribution is 7.09. The number of likely N-dealkylation sites (N-methyl/N-ethyl adjacent to an activating group) is 1. The van der Waals surface area contributed by atoms with Crippen molar-refractivity contribution in [2.75, 3.05) is 20.2 Å². The lowest BCUT2D eigenvalue weighted by Gasteiger charge is -2.45. The zero-order valence-corrected chi connectivity index (χ0v) is 18.5. The average molecular weight is 428 g/mol. The number of carbonyl (C=O) groups is 2. The topological polar surface area (TPSA) is 62.7 Å². The van der Waals surface area contributed by atoms with E-state index in [1.165, 1.54) is 11.3 Å². The van der Waals surface area contributed by atoms with Crippen molar-refractivity contribution in [3.63, 3.8) is 0 Å². The van der Waals surface area contributed by atoms with Gasteiger partial charge in [-0.25, -0.2) is 4.98 Å². The number of hydrogen-bond acceptors (Lipinski definition) is 5. The van der Waals surface area contributed by atoms with E-state index in [1.54, 1.807) is 4.90 Å². The number of aromatic nitrogens is 1.